The third-order valence-corrected chi connectivity index (χ3v) is 11.2. The molecule has 0 heterocycles. The molecule has 8 aliphatic rings. The van der Waals surface area contributed by atoms with E-state index in [4.69, 9.17) is 0 Å². The average Bonchev–Trinajstić information content (AvgIpc) is 3.29. The first kappa shape index (κ1) is 13.5. The van der Waals surface area contributed by atoms with Crippen molar-refractivity contribution in [1.82, 2.24) is 0 Å². The molecular weight excluding hydrogens is 296 g/mol. The van der Waals surface area contributed by atoms with Crippen molar-refractivity contribution in [1.29, 1.82) is 0 Å². The Hall–Kier alpha value is -0.660. The summed E-state index contributed by atoms with van der Waals surface area (Å²) in [4.78, 5) is 27.1. The molecule has 8 aliphatic carbocycles. The molecule has 4 unspecified atom stereocenters. The molecule has 8 saturated carbocycles. The molecule has 0 aromatic carbocycles. The highest BCUT2D eigenvalue weighted by atomic mass is 16.2. The highest BCUT2D eigenvalue weighted by Gasteiger charge is 2.87. The van der Waals surface area contributed by atoms with Gasteiger partial charge in [0.05, 0.1) is 0 Å². The van der Waals surface area contributed by atoms with Gasteiger partial charge in [-0.15, -0.1) is 0 Å². The zero-order valence-corrected chi connectivity index (χ0v) is 14.8. The molecule has 12 atom stereocenters. The Bertz CT molecular complexity index is 611. The van der Waals surface area contributed by atoms with Gasteiger partial charge in [0.15, 0.2) is 0 Å². The summed E-state index contributed by atoms with van der Waals surface area (Å²) in [5.41, 5.74) is -0.574. The van der Waals surface area contributed by atoms with Crippen LogP contribution in [0.4, 0.5) is 0 Å². The second-order valence-corrected chi connectivity index (χ2v) is 11.0. The summed E-state index contributed by atoms with van der Waals surface area (Å²) in [5, 5.41) is 0. The summed E-state index contributed by atoms with van der Waals surface area (Å²) >= 11 is 0. The lowest BCUT2D eigenvalue weighted by atomic mass is 9.55. The number of Topliss-reactive ketones (excluding diaryl/α,β-unsaturated/α-hetero) is 2. The zero-order chi connectivity index (χ0) is 16.2. The Morgan fingerprint density at radius 1 is 0.625 bits per heavy atom. The van der Waals surface area contributed by atoms with E-state index in [2.05, 4.69) is 13.8 Å². The number of ketones is 2. The molecule has 0 saturated heterocycles. The normalized spacial score (nSPS) is 70.4. The fourth-order valence-corrected chi connectivity index (χ4v) is 11.3. The monoisotopic (exact) mass is 324 g/mol. The summed E-state index contributed by atoms with van der Waals surface area (Å²) in [5.74, 6) is 6.98. The molecule has 8 rings (SSSR count). The van der Waals surface area contributed by atoms with Crippen LogP contribution >= 0.6 is 0 Å². The van der Waals surface area contributed by atoms with Crippen molar-refractivity contribution in [2.75, 3.05) is 0 Å². The molecule has 0 aromatic rings. The Balaban J connectivity index is 1.58. The van der Waals surface area contributed by atoms with Crippen LogP contribution in [0.3, 0.4) is 0 Å². The second-order valence-electron chi connectivity index (χ2n) is 11.0. The van der Waals surface area contributed by atoms with Gasteiger partial charge in [-0.05, 0) is 84.9 Å². The van der Waals surface area contributed by atoms with Gasteiger partial charge in [-0.2, -0.15) is 0 Å². The van der Waals surface area contributed by atoms with Crippen molar-refractivity contribution in [2.45, 2.75) is 52.4 Å². The average molecular weight is 324 g/mol. The Kier molecular flexibility index (Phi) is 2.02. The van der Waals surface area contributed by atoms with Crippen molar-refractivity contribution in [3.05, 3.63) is 0 Å². The number of hydrogen-bond donors (Lipinski definition) is 0. The summed E-state index contributed by atoms with van der Waals surface area (Å²) < 4.78 is 0. The number of rotatable bonds is 0. The summed E-state index contributed by atoms with van der Waals surface area (Å²) in [6.45, 7) is 4.56. The van der Waals surface area contributed by atoms with Gasteiger partial charge in [0, 0.05) is 10.8 Å². The first-order chi connectivity index (χ1) is 11.5. The van der Waals surface area contributed by atoms with Crippen LogP contribution in [-0.2, 0) is 9.59 Å². The molecule has 2 nitrogen and oxygen atoms in total. The van der Waals surface area contributed by atoms with Crippen LogP contribution in [0.25, 0.3) is 0 Å². The molecule has 0 aromatic heterocycles. The van der Waals surface area contributed by atoms with Crippen LogP contribution in [0.15, 0.2) is 0 Å². The lowest BCUT2D eigenvalue weighted by molar-refractivity contribution is -0.155. The molecule has 0 amide bonds. The lowest BCUT2D eigenvalue weighted by Gasteiger charge is -2.46. The minimum atomic E-state index is -0.287. The molecule has 24 heavy (non-hydrogen) atoms. The molecule has 2 heteroatoms. The van der Waals surface area contributed by atoms with Crippen LogP contribution in [0.5, 0.6) is 0 Å². The Morgan fingerprint density at radius 2 is 0.917 bits per heavy atom. The van der Waals surface area contributed by atoms with E-state index in [0.29, 0.717) is 23.7 Å². The molecule has 0 radical (unpaired) electrons. The highest BCUT2D eigenvalue weighted by molar-refractivity contribution is 6.42. The topological polar surface area (TPSA) is 34.1 Å². The SMILES string of the molecule is CC12C(=O)C(=O)C3(C)[C@@H]4C(C5[C@@H]1[C@H]1CCC[C@@H]1[C@H]53)[C@@H]2[C@H]1CCC[C@@H]14. The minimum Gasteiger partial charge on any atom is -0.290 e. The van der Waals surface area contributed by atoms with E-state index in [-0.39, 0.29) is 22.4 Å². The summed E-state index contributed by atoms with van der Waals surface area (Å²) in [7, 11) is 0. The molecule has 128 valence electrons. The molecule has 0 spiro atoms. The van der Waals surface area contributed by atoms with Crippen molar-refractivity contribution >= 4 is 11.6 Å². The molecule has 8 bridgehead atoms. The number of carbonyl (C=O) groups is 2. The summed E-state index contributed by atoms with van der Waals surface area (Å²) in [6.07, 6.45) is 8.05. The van der Waals surface area contributed by atoms with Gasteiger partial charge in [-0.1, -0.05) is 26.7 Å². The second kappa shape index (κ2) is 3.58. The number of carbonyl (C=O) groups excluding carboxylic acids is 2. The van der Waals surface area contributed by atoms with Crippen molar-refractivity contribution < 1.29 is 9.59 Å². The predicted molar refractivity (Wildman–Crippen MR) is 88.8 cm³/mol. The van der Waals surface area contributed by atoms with E-state index in [1.165, 1.54) is 38.5 Å². The lowest BCUT2D eigenvalue weighted by Crippen LogP contribution is -2.53. The van der Waals surface area contributed by atoms with Gasteiger partial charge in [-0.3, -0.25) is 9.59 Å². The predicted octanol–water partition coefficient (Wildman–Crippen LogP) is 3.74. The Morgan fingerprint density at radius 3 is 1.21 bits per heavy atom. The third-order valence-electron chi connectivity index (χ3n) is 11.2. The van der Waals surface area contributed by atoms with Crippen LogP contribution in [0.1, 0.15) is 52.4 Å². The van der Waals surface area contributed by atoms with Crippen molar-refractivity contribution in [3.63, 3.8) is 0 Å². The smallest absolute Gasteiger partial charge is 0.205 e. The Labute approximate surface area is 144 Å². The fourth-order valence-electron chi connectivity index (χ4n) is 11.3. The fraction of sp³-hybridized carbons (Fsp3) is 0.909. The van der Waals surface area contributed by atoms with Crippen molar-refractivity contribution in [2.24, 2.45) is 70.0 Å². The van der Waals surface area contributed by atoms with E-state index in [1.807, 2.05) is 0 Å². The first-order valence-electron chi connectivity index (χ1n) is 10.6. The maximum atomic E-state index is 13.6. The van der Waals surface area contributed by atoms with Gasteiger partial charge in [0.25, 0.3) is 0 Å². The van der Waals surface area contributed by atoms with E-state index in [1.54, 1.807) is 0 Å². The molecule has 0 N–H and O–H groups in total. The summed E-state index contributed by atoms with van der Waals surface area (Å²) in [6, 6.07) is 0. The largest absolute Gasteiger partial charge is 0.290 e. The van der Waals surface area contributed by atoms with Crippen LogP contribution in [0, 0.1) is 70.0 Å². The van der Waals surface area contributed by atoms with Crippen LogP contribution in [0.2, 0.25) is 0 Å². The quantitative estimate of drug-likeness (QED) is 0.636. The first-order valence-corrected chi connectivity index (χ1v) is 10.6. The minimum absolute atomic E-state index is 0.0909. The zero-order valence-electron chi connectivity index (χ0n) is 14.8. The van der Waals surface area contributed by atoms with E-state index in [0.717, 1.165) is 35.5 Å². The maximum absolute atomic E-state index is 13.6. The van der Waals surface area contributed by atoms with E-state index < -0.39 is 0 Å². The van der Waals surface area contributed by atoms with E-state index >= 15 is 0 Å². The van der Waals surface area contributed by atoms with Crippen molar-refractivity contribution in [3.8, 4) is 0 Å². The maximum Gasteiger partial charge on any atom is 0.205 e. The van der Waals surface area contributed by atoms with Gasteiger partial charge in [0.1, 0.15) is 0 Å². The number of hydrogen-bond acceptors (Lipinski definition) is 2. The highest BCUT2D eigenvalue weighted by Crippen LogP contribution is 2.86. The molecule has 0 aliphatic heterocycles. The van der Waals surface area contributed by atoms with Crippen LogP contribution < -0.4 is 0 Å². The number of fused-ring (bicyclic) bond motifs is 3. The van der Waals surface area contributed by atoms with Gasteiger partial charge < -0.3 is 0 Å². The molecular formula is C22H28O2. The van der Waals surface area contributed by atoms with E-state index in [9.17, 15) is 9.59 Å². The van der Waals surface area contributed by atoms with Gasteiger partial charge >= 0.3 is 0 Å². The third kappa shape index (κ3) is 0.971. The standard InChI is InChI=1S/C22H28O2/c1-21-15-9-5-3-7-11(9)17-13(15)14-16(21)10-6-4-8-12(10)18(14)22(17,2)20(24)19(21)23/h9-18H,3-8H2,1-2H3/t9-,10-,11-,12-,13?,14?,15-,16-,17-,18+,21?,22?/m0/s1. The molecule has 8 fully saturated rings. The van der Waals surface area contributed by atoms with Gasteiger partial charge in [0.2, 0.25) is 11.6 Å². The van der Waals surface area contributed by atoms with Gasteiger partial charge in [-0.25, -0.2) is 0 Å². The van der Waals surface area contributed by atoms with Crippen LogP contribution in [-0.4, -0.2) is 11.6 Å².